The van der Waals surface area contributed by atoms with E-state index in [4.69, 9.17) is 5.26 Å². The van der Waals surface area contributed by atoms with Gasteiger partial charge < -0.3 is 5.32 Å². The lowest BCUT2D eigenvalue weighted by molar-refractivity contribution is 0.363. The van der Waals surface area contributed by atoms with Gasteiger partial charge in [-0.25, -0.2) is 0 Å². The lowest BCUT2D eigenvalue weighted by Gasteiger charge is -2.27. The number of nitrogens with zero attached hydrogens (tertiary/aromatic N) is 1. The normalized spacial score (nSPS) is 14.6. The maximum Gasteiger partial charge on any atom is 0.0621 e. The highest BCUT2D eigenvalue weighted by atomic mass is 14.9. The van der Waals surface area contributed by atoms with Crippen LogP contribution in [0, 0.1) is 16.7 Å². The van der Waals surface area contributed by atoms with Gasteiger partial charge in [0, 0.05) is 18.7 Å². The van der Waals surface area contributed by atoms with Crippen molar-refractivity contribution in [3.05, 3.63) is 29.3 Å². The number of rotatable bonds is 5. The molecule has 0 heterocycles. The van der Waals surface area contributed by atoms with Crippen LogP contribution < -0.4 is 5.32 Å². The summed E-state index contributed by atoms with van der Waals surface area (Å²) in [6, 6.07) is 8.87. The third-order valence-corrected chi connectivity index (χ3v) is 4.07. The van der Waals surface area contributed by atoms with E-state index in [9.17, 15) is 0 Å². The topological polar surface area (TPSA) is 35.8 Å². The average Bonchev–Trinajstić information content (AvgIpc) is 2.43. The van der Waals surface area contributed by atoms with Crippen molar-refractivity contribution < 1.29 is 0 Å². The van der Waals surface area contributed by atoms with E-state index in [0.29, 0.717) is 6.42 Å². The molecule has 0 unspecified atom stereocenters. The fraction of sp³-hybridized carbons (Fsp3) is 0.588. The molecule has 0 radical (unpaired) electrons. The van der Waals surface area contributed by atoms with Gasteiger partial charge in [-0.1, -0.05) is 26.0 Å². The number of anilines is 1. The minimum absolute atomic E-state index is 0.174. The second-order valence-corrected chi connectivity index (χ2v) is 6.33. The van der Waals surface area contributed by atoms with Crippen molar-refractivity contribution in [3.8, 4) is 6.07 Å². The molecule has 1 aliphatic carbocycles. The maximum atomic E-state index is 8.70. The molecule has 1 N–H and O–H groups in total. The Morgan fingerprint density at radius 3 is 2.84 bits per heavy atom. The third kappa shape index (κ3) is 3.73. The first-order valence-corrected chi connectivity index (χ1v) is 7.34. The molecule has 0 bridgehead atoms. The summed E-state index contributed by atoms with van der Waals surface area (Å²) in [4.78, 5) is 0. The summed E-state index contributed by atoms with van der Waals surface area (Å²) < 4.78 is 0. The van der Waals surface area contributed by atoms with Gasteiger partial charge in [-0.05, 0) is 54.7 Å². The minimum atomic E-state index is 0.174. The van der Waals surface area contributed by atoms with Crippen LogP contribution in [0.1, 0.15) is 50.7 Å². The Hall–Kier alpha value is -1.49. The number of aryl methyl sites for hydroxylation is 1. The summed E-state index contributed by atoms with van der Waals surface area (Å²) >= 11 is 0. The molecule has 0 spiro atoms. The van der Waals surface area contributed by atoms with Gasteiger partial charge in [0.25, 0.3) is 0 Å². The first-order chi connectivity index (χ1) is 9.12. The smallest absolute Gasteiger partial charge is 0.0621 e. The van der Waals surface area contributed by atoms with Crippen LogP contribution >= 0.6 is 0 Å². The van der Waals surface area contributed by atoms with Crippen LogP contribution in [-0.4, -0.2) is 6.54 Å². The Balaban J connectivity index is 2.02. The Morgan fingerprint density at radius 1 is 1.26 bits per heavy atom. The van der Waals surface area contributed by atoms with Gasteiger partial charge in [-0.3, -0.25) is 0 Å². The highest BCUT2D eigenvalue weighted by Gasteiger charge is 2.19. The monoisotopic (exact) mass is 256 g/mol. The fourth-order valence-corrected chi connectivity index (χ4v) is 2.76. The molecular formula is C17H24N2. The van der Waals surface area contributed by atoms with E-state index in [2.05, 4.69) is 43.4 Å². The number of fused-ring (bicyclic) bond motifs is 1. The van der Waals surface area contributed by atoms with Crippen LogP contribution in [0.5, 0.6) is 0 Å². The van der Waals surface area contributed by atoms with Crippen LogP contribution in [0.25, 0.3) is 0 Å². The van der Waals surface area contributed by atoms with Gasteiger partial charge in [0.1, 0.15) is 0 Å². The second-order valence-electron chi connectivity index (χ2n) is 6.33. The highest BCUT2D eigenvalue weighted by Crippen LogP contribution is 2.29. The quantitative estimate of drug-likeness (QED) is 0.852. The molecule has 2 heteroatoms. The van der Waals surface area contributed by atoms with Gasteiger partial charge in [-0.2, -0.15) is 5.26 Å². The SMILES string of the molecule is CC(C)(CCC#N)CNc1cccc2c1CCCC2. The molecule has 0 atom stereocenters. The molecule has 102 valence electrons. The zero-order chi connectivity index (χ0) is 13.7. The number of nitriles is 1. The molecule has 0 aliphatic heterocycles. The van der Waals surface area contributed by atoms with Crippen molar-refractivity contribution in [1.29, 1.82) is 5.26 Å². The number of benzene rings is 1. The van der Waals surface area contributed by atoms with Crippen molar-refractivity contribution in [2.75, 3.05) is 11.9 Å². The van der Waals surface area contributed by atoms with Gasteiger partial charge in [0.2, 0.25) is 0 Å². The Bertz CT molecular complexity index is 469. The predicted octanol–water partition coefficient (Wildman–Crippen LogP) is 4.31. The molecule has 0 saturated carbocycles. The molecule has 0 aromatic heterocycles. The van der Waals surface area contributed by atoms with Crippen molar-refractivity contribution in [1.82, 2.24) is 0 Å². The lowest BCUT2D eigenvalue weighted by atomic mass is 9.87. The molecule has 1 aromatic carbocycles. The summed E-state index contributed by atoms with van der Waals surface area (Å²) in [7, 11) is 0. The Morgan fingerprint density at radius 2 is 2.05 bits per heavy atom. The van der Waals surface area contributed by atoms with E-state index in [-0.39, 0.29) is 5.41 Å². The molecule has 0 amide bonds. The second kappa shape index (κ2) is 6.10. The third-order valence-electron chi connectivity index (χ3n) is 4.07. The van der Waals surface area contributed by atoms with Crippen LogP contribution in [0.4, 0.5) is 5.69 Å². The fourth-order valence-electron chi connectivity index (χ4n) is 2.76. The standard InChI is InChI=1S/C17H24N2/c1-17(2,11-6-12-18)13-19-16-10-5-8-14-7-3-4-9-15(14)16/h5,8,10,19H,3-4,6-7,9,11,13H2,1-2H3. The van der Waals surface area contributed by atoms with Gasteiger partial charge in [0.15, 0.2) is 0 Å². The van der Waals surface area contributed by atoms with Crippen molar-refractivity contribution >= 4 is 5.69 Å². The molecule has 19 heavy (non-hydrogen) atoms. The van der Waals surface area contributed by atoms with E-state index in [1.165, 1.54) is 42.5 Å². The van der Waals surface area contributed by atoms with E-state index in [0.717, 1.165) is 13.0 Å². The Kier molecular flexibility index (Phi) is 4.47. The van der Waals surface area contributed by atoms with Crippen LogP contribution in [0.2, 0.25) is 0 Å². The Labute approximate surface area is 116 Å². The summed E-state index contributed by atoms with van der Waals surface area (Å²) in [5, 5.41) is 12.3. The lowest BCUT2D eigenvalue weighted by Crippen LogP contribution is -2.23. The van der Waals surface area contributed by atoms with Crippen molar-refractivity contribution in [2.45, 2.75) is 52.4 Å². The number of hydrogen-bond acceptors (Lipinski definition) is 2. The molecular weight excluding hydrogens is 232 g/mol. The molecule has 0 saturated heterocycles. The van der Waals surface area contributed by atoms with E-state index in [1.54, 1.807) is 0 Å². The van der Waals surface area contributed by atoms with Gasteiger partial charge >= 0.3 is 0 Å². The first-order valence-electron chi connectivity index (χ1n) is 7.34. The molecule has 2 nitrogen and oxygen atoms in total. The summed E-state index contributed by atoms with van der Waals surface area (Å²) in [6.07, 6.45) is 6.65. The summed E-state index contributed by atoms with van der Waals surface area (Å²) in [5.41, 5.74) is 4.52. The first kappa shape index (κ1) is 13.9. The summed E-state index contributed by atoms with van der Waals surface area (Å²) in [5.74, 6) is 0. The average molecular weight is 256 g/mol. The van der Waals surface area contributed by atoms with Crippen LogP contribution in [0.3, 0.4) is 0 Å². The van der Waals surface area contributed by atoms with E-state index >= 15 is 0 Å². The minimum Gasteiger partial charge on any atom is -0.384 e. The molecule has 0 fully saturated rings. The van der Waals surface area contributed by atoms with Crippen LogP contribution in [-0.2, 0) is 12.8 Å². The largest absolute Gasteiger partial charge is 0.384 e. The van der Waals surface area contributed by atoms with Crippen molar-refractivity contribution in [2.24, 2.45) is 5.41 Å². The van der Waals surface area contributed by atoms with Crippen LogP contribution in [0.15, 0.2) is 18.2 Å². The molecule has 1 aliphatic rings. The van der Waals surface area contributed by atoms with E-state index < -0.39 is 0 Å². The molecule has 1 aromatic rings. The zero-order valence-electron chi connectivity index (χ0n) is 12.1. The summed E-state index contributed by atoms with van der Waals surface area (Å²) in [6.45, 7) is 5.39. The van der Waals surface area contributed by atoms with E-state index in [1.807, 2.05) is 0 Å². The van der Waals surface area contributed by atoms with Gasteiger partial charge in [-0.15, -0.1) is 0 Å². The number of nitrogens with one attached hydrogen (secondary N) is 1. The predicted molar refractivity (Wildman–Crippen MR) is 80.2 cm³/mol. The zero-order valence-corrected chi connectivity index (χ0v) is 12.1. The maximum absolute atomic E-state index is 8.70. The highest BCUT2D eigenvalue weighted by molar-refractivity contribution is 5.55. The van der Waals surface area contributed by atoms with Gasteiger partial charge in [0.05, 0.1) is 6.07 Å². The van der Waals surface area contributed by atoms with Crippen molar-refractivity contribution in [3.63, 3.8) is 0 Å². The number of hydrogen-bond donors (Lipinski definition) is 1. The molecule has 2 rings (SSSR count).